The Morgan fingerprint density at radius 1 is 1.19 bits per heavy atom. The highest BCUT2D eigenvalue weighted by atomic mass is 35.5. The lowest BCUT2D eigenvalue weighted by Gasteiger charge is -2.31. The Labute approximate surface area is 254 Å². The van der Waals surface area contributed by atoms with Gasteiger partial charge in [-0.05, 0) is 79.5 Å². The second kappa shape index (κ2) is 12.3. The van der Waals surface area contributed by atoms with E-state index in [0.29, 0.717) is 33.9 Å². The molecular weight excluding hydrogens is 567 g/mol. The summed E-state index contributed by atoms with van der Waals surface area (Å²) in [5.74, 6) is 0.892. The van der Waals surface area contributed by atoms with Gasteiger partial charge in [-0.3, -0.25) is 4.57 Å². The average molecular weight is 603 g/mol. The second-order valence-electron chi connectivity index (χ2n) is 11.9. The van der Waals surface area contributed by atoms with Crippen molar-refractivity contribution in [3.63, 3.8) is 0 Å². The average Bonchev–Trinajstić information content (AvgIpc) is 3.59. The zero-order valence-electron chi connectivity index (χ0n) is 24.4. The van der Waals surface area contributed by atoms with Crippen molar-refractivity contribution >= 4 is 28.6 Å². The van der Waals surface area contributed by atoms with Gasteiger partial charge in [-0.2, -0.15) is 4.98 Å². The van der Waals surface area contributed by atoms with Crippen molar-refractivity contribution in [2.24, 2.45) is 5.92 Å². The third-order valence-corrected chi connectivity index (χ3v) is 8.48. The molecule has 0 amide bonds. The summed E-state index contributed by atoms with van der Waals surface area (Å²) in [6, 6.07) is 14.0. The molecule has 0 radical (unpaired) electrons. The smallest absolute Gasteiger partial charge is 0.354 e. The molecule has 2 aromatic carbocycles. The van der Waals surface area contributed by atoms with E-state index >= 15 is 4.39 Å². The number of nitrogen functional groups attached to an aromatic ring is 1. The summed E-state index contributed by atoms with van der Waals surface area (Å²) in [5, 5.41) is 4.50. The highest BCUT2D eigenvalue weighted by Gasteiger charge is 2.24. The lowest BCUT2D eigenvalue weighted by atomic mass is 9.91. The van der Waals surface area contributed by atoms with Crippen molar-refractivity contribution in [1.29, 1.82) is 0 Å². The number of halogens is 2. The number of H-pyrrole nitrogens is 1. The van der Waals surface area contributed by atoms with E-state index < -0.39 is 11.5 Å². The van der Waals surface area contributed by atoms with Crippen LogP contribution in [-0.4, -0.2) is 25.6 Å². The summed E-state index contributed by atoms with van der Waals surface area (Å²) in [6.45, 7) is 4.38. The van der Waals surface area contributed by atoms with Gasteiger partial charge in [0.05, 0.1) is 22.6 Å². The van der Waals surface area contributed by atoms with Gasteiger partial charge in [0, 0.05) is 35.7 Å². The summed E-state index contributed by atoms with van der Waals surface area (Å²) in [6.07, 6.45) is 10.2. The molecule has 224 valence electrons. The van der Waals surface area contributed by atoms with Crippen molar-refractivity contribution < 1.29 is 8.81 Å². The molecule has 1 fully saturated rings. The van der Waals surface area contributed by atoms with Crippen LogP contribution in [0.1, 0.15) is 68.9 Å². The fraction of sp³-hybridized carbons (Fsp3) is 0.364. The minimum absolute atomic E-state index is 0.0878. The van der Waals surface area contributed by atoms with E-state index in [2.05, 4.69) is 34.1 Å². The van der Waals surface area contributed by atoms with Gasteiger partial charge in [-0.25, -0.2) is 14.2 Å². The van der Waals surface area contributed by atoms with Crippen LogP contribution < -0.4 is 16.7 Å². The maximum absolute atomic E-state index is 15.1. The van der Waals surface area contributed by atoms with E-state index in [1.807, 2.05) is 36.4 Å². The zero-order valence-corrected chi connectivity index (χ0v) is 25.1. The predicted molar refractivity (Wildman–Crippen MR) is 168 cm³/mol. The van der Waals surface area contributed by atoms with E-state index in [1.165, 1.54) is 4.57 Å². The summed E-state index contributed by atoms with van der Waals surface area (Å²) < 4.78 is 22.1. The predicted octanol–water partition coefficient (Wildman–Crippen LogP) is 7.15. The van der Waals surface area contributed by atoms with Crippen molar-refractivity contribution in [2.45, 2.75) is 70.9 Å². The molecule has 6 rings (SSSR count). The van der Waals surface area contributed by atoms with Crippen LogP contribution in [0, 0.1) is 11.7 Å². The van der Waals surface area contributed by atoms with Crippen molar-refractivity contribution in [1.82, 2.24) is 24.8 Å². The molecule has 0 spiro atoms. The van der Waals surface area contributed by atoms with Gasteiger partial charge in [0.15, 0.2) is 5.82 Å². The fourth-order valence-electron chi connectivity index (χ4n) is 5.99. The van der Waals surface area contributed by atoms with Crippen LogP contribution in [0.5, 0.6) is 0 Å². The minimum Gasteiger partial charge on any atom is -0.429 e. The van der Waals surface area contributed by atoms with E-state index in [9.17, 15) is 4.79 Å². The largest absolute Gasteiger partial charge is 0.429 e. The highest BCUT2D eigenvalue weighted by molar-refractivity contribution is 6.31. The first-order valence-electron chi connectivity index (χ1n) is 14.9. The SMILES string of the molecule is CC(C)CCCc1cc(Cl)c(F)c(-c2cc3cn(-c4ccc([C@@H]5CCC[C@@H](Cc6cnc(N)o6)N5)cc4)c(=O)nc3[nH]2)c1. The number of aromatic amines is 1. The molecule has 0 bridgehead atoms. The number of nitrogens with two attached hydrogens (primary N) is 1. The van der Waals surface area contributed by atoms with Crippen LogP contribution in [0.3, 0.4) is 0 Å². The van der Waals surface area contributed by atoms with E-state index in [1.54, 1.807) is 18.5 Å². The van der Waals surface area contributed by atoms with E-state index in [4.69, 9.17) is 21.8 Å². The molecule has 0 aliphatic carbocycles. The molecular formula is C33H36ClFN6O2. The van der Waals surface area contributed by atoms with Gasteiger partial charge >= 0.3 is 5.69 Å². The van der Waals surface area contributed by atoms with Crippen LogP contribution in [0.2, 0.25) is 5.02 Å². The molecule has 4 N–H and O–H groups in total. The van der Waals surface area contributed by atoms with Crippen molar-refractivity contribution in [2.75, 3.05) is 5.73 Å². The standard InChI is InChI=1S/C33H36ClFN6O2/c1-19(2)5-3-6-20-13-26(30(35)27(34)14-20)29-15-22-18-41(33(42)40-31(22)39-29)24-11-9-21(10-12-24)28-8-4-7-23(38-28)16-25-17-37-32(36)43-25/h9-15,17-19,23,28,38H,3-8,16H2,1-2H3,(H2,36,37)(H,39,40,42)/t23-,28-/m0/s1. The number of piperidine rings is 1. The zero-order chi connectivity index (χ0) is 30.1. The molecule has 1 saturated heterocycles. The number of nitrogens with one attached hydrogen (secondary N) is 2. The van der Waals surface area contributed by atoms with Gasteiger partial charge in [-0.1, -0.05) is 44.0 Å². The molecule has 5 aromatic rings. The van der Waals surface area contributed by atoms with Crippen LogP contribution >= 0.6 is 11.6 Å². The Balaban J connectivity index is 1.21. The number of fused-ring (bicyclic) bond motifs is 1. The molecule has 4 heterocycles. The Hall–Kier alpha value is -3.95. The Morgan fingerprint density at radius 2 is 2.00 bits per heavy atom. The maximum Gasteiger partial charge on any atom is 0.354 e. The molecule has 1 aliphatic heterocycles. The number of benzene rings is 2. The third kappa shape index (κ3) is 6.53. The minimum atomic E-state index is -0.491. The molecule has 3 aromatic heterocycles. The van der Waals surface area contributed by atoms with E-state index in [-0.39, 0.29) is 23.1 Å². The summed E-state index contributed by atoms with van der Waals surface area (Å²) >= 11 is 6.28. The Bertz CT molecular complexity index is 1790. The number of rotatable bonds is 9. The topological polar surface area (TPSA) is 115 Å². The molecule has 1 aliphatic rings. The fourth-order valence-corrected chi connectivity index (χ4v) is 6.24. The van der Waals surface area contributed by atoms with Crippen LogP contribution in [0.4, 0.5) is 10.4 Å². The number of aryl methyl sites for hydroxylation is 1. The van der Waals surface area contributed by atoms with Gasteiger partial charge in [0.1, 0.15) is 11.4 Å². The first-order chi connectivity index (χ1) is 20.7. The first-order valence-corrected chi connectivity index (χ1v) is 15.3. The second-order valence-corrected chi connectivity index (χ2v) is 12.3. The van der Waals surface area contributed by atoms with Gasteiger partial charge < -0.3 is 20.5 Å². The summed E-state index contributed by atoms with van der Waals surface area (Å²) in [4.78, 5) is 24.4. The third-order valence-electron chi connectivity index (χ3n) is 8.21. The highest BCUT2D eigenvalue weighted by Crippen LogP contribution is 2.32. The molecule has 10 heteroatoms. The summed E-state index contributed by atoms with van der Waals surface area (Å²) in [5.41, 5.74) is 9.35. The lowest BCUT2D eigenvalue weighted by Crippen LogP contribution is -2.38. The van der Waals surface area contributed by atoms with Gasteiger partial charge in [0.2, 0.25) is 0 Å². The molecule has 8 nitrogen and oxygen atoms in total. The number of nitrogens with zero attached hydrogens (tertiary/aromatic N) is 3. The molecule has 2 atom stereocenters. The van der Waals surface area contributed by atoms with E-state index in [0.717, 1.165) is 61.8 Å². The number of hydrogen-bond donors (Lipinski definition) is 3. The molecule has 0 unspecified atom stereocenters. The Kier molecular flexibility index (Phi) is 8.36. The number of anilines is 1. The van der Waals surface area contributed by atoms with Crippen LogP contribution in [0.15, 0.2) is 64.1 Å². The van der Waals surface area contributed by atoms with Crippen molar-refractivity contribution in [3.8, 4) is 16.9 Å². The molecule has 43 heavy (non-hydrogen) atoms. The normalized spacial score (nSPS) is 17.2. The monoisotopic (exact) mass is 602 g/mol. The van der Waals surface area contributed by atoms with Crippen LogP contribution in [-0.2, 0) is 12.8 Å². The maximum atomic E-state index is 15.1. The number of oxazole rings is 1. The Morgan fingerprint density at radius 3 is 2.74 bits per heavy atom. The van der Waals surface area contributed by atoms with Crippen LogP contribution in [0.25, 0.3) is 28.0 Å². The summed E-state index contributed by atoms with van der Waals surface area (Å²) in [7, 11) is 0. The first kappa shape index (κ1) is 29.1. The quantitative estimate of drug-likeness (QED) is 0.165. The number of aromatic nitrogens is 4. The number of hydrogen-bond acceptors (Lipinski definition) is 6. The molecule has 0 saturated carbocycles. The lowest BCUT2D eigenvalue weighted by molar-refractivity contribution is 0.311. The van der Waals surface area contributed by atoms with Gasteiger partial charge in [0.25, 0.3) is 6.01 Å². The van der Waals surface area contributed by atoms with Crippen molar-refractivity contribution in [3.05, 3.63) is 93.1 Å². The van der Waals surface area contributed by atoms with Gasteiger partial charge in [-0.15, -0.1) is 0 Å².